The first-order chi connectivity index (χ1) is 5.74. The smallest absolute Gasteiger partial charge is 0.152 e. The molecule has 0 unspecified atom stereocenters. The Balaban J connectivity index is 2.81. The molecule has 0 saturated carbocycles. The molecule has 0 saturated heterocycles. The van der Waals surface area contributed by atoms with Gasteiger partial charge in [-0.3, -0.25) is 4.79 Å². The zero-order valence-corrected chi connectivity index (χ0v) is 7.32. The quantitative estimate of drug-likeness (QED) is 0.634. The molecule has 3 nitrogen and oxygen atoms in total. The third kappa shape index (κ3) is 2.05. The largest absolute Gasteiger partial charge is 0.332 e. The van der Waals surface area contributed by atoms with Crippen LogP contribution in [0.4, 0.5) is 0 Å². The molecule has 0 spiro atoms. The number of hydrogen-bond donors (Lipinski definition) is 0. The fourth-order valence-corrected chi connectivity index (χ4v) is 0.939. The van der Waals surface area contributed by atoms with E-state index in [0.717, 1.165) is 12.4 Å². The van der Waals surface area contributed by atoms with E-state index in [-0.39, 0.29) is 5.78 Å². The van der Waals surface area contributed by atoms with Crippen LogP contribution in [-0.4, -0.2) is 15.3 Å². The standard InChI is InChI=1S/C9H12N2O/c1-3-11-7-6-10-9(11)5-4-8(2)12/h4-7H,3H2,1-2H3/b5-4+. The number of carbonyl (C=O) groups is 1. The molecule has 1 heterocycles. The van der Waals surface area contributed by atoms with Crippen LogP contribution in [0, 0.1) is 0 Å². The van der Waals surface area contributed by atoms with Crippen molar-refractivity contribution in [3.63, 3.8) is 0 Å². The summed E-state index contributed by atoms with van der Waals surface area (Å²) in [7, 11) is 0. The molecular weight excluding hydrogens is 152 g/mol. The second kappa shape index (κ2) is 3.85. The molecule has 3 heteroatoms. The van der Waals surface area contributed by atoms with Crippen molar-refractivity contribution in [3.8, 4) is 0 Å². The topological polar surface area (TPSA) is 34.9 Å². The van der Waals surface area contributed by atoms with Crippen LogP contribution in [0.3, 0.4) is 0 Å². The number of allylic oxidation sites excluding steroid dienone is 1. The van der Waals surface area contributed by atoms with E-state index in [1.165, 1.54) is 13.0 Å². The van der Waals surface area contributed by atoms with Crippen LogP contribution in [0.15, 0.2) is 18.5 Å². The number of nitrogens with zero attached hydrogens (tertiary/aromatic N) is 2. The number of aromatic nitrogens is 2. The molecule has 64 valence electrons. The monoisotopic (exact) mass is 164 g/mol. The van der Waals surface area contributed by atoms with E-state index in [9.17, 15) is 4.79 Å². The van der Waals surface area contributed by atoms with Crippen molar-refractivity contribution in [1.82, 2.24) is 9.55 Å². The average molecular weight is 164 g/mol. The predicted molar refractivity (Wildman–Crippen MR) is 47.6 cm³/mol. The molecular formula is C9H12N2O. The van der Waals surface area contributed by atoms with E-state index < -0.39 is 0 Å². The summed E-state index contributed by atoms with van der Waals surface area (Å²) < 4.78 is 1.97. The summed E-state index contributed by atoms with van der Waals surface area (Å²) in [6.07, 6.45) is 6.86. The third-order valence-electron chi connectivity index (χ3n) is 1.56. The molecule has 0 N–H and O–H groups in total. The molecule has 12 heavy (non-hydrogen) atoms. The van der Waals surface area contributed by atoms with Crippen LogP contribution in [0.5, 0.6) is 0 Å². The molecule has 1 aromatic heterocycles. The molecule has 0 aliphatic heterocycles. The maximum absolute atomic E-state index is 10.6. The van der Waals surface area contributed by atoms with Gasteiger partial charge in [-0.1, -0.05) is 0 Å². The molecule has 0 atom stereocenters. The van der Waals surface area contributed by atoms with Gasteiger partial charge in [-0.05, 0) is 26.0 Å². The zero-order chi connectivity index (χ0) is 8.97. The lowest BCUT2D eigenvalue weighted by Crippen LogP contribution is -1.95. The first-order valence-corrected chi connectivity index (χ1v) is 3.94. The van der Waals surface area contributed by atoms with E-state index in [4.69, 9.17) is 0 Å². The fourth-order valence-electron chi connectivity index (χ4n) is 0.939. The van der Waals surface area contributed by atoms with E-state index in [0.29, 0.717) is 0 Å². The normalized spacial score (nSPS) is 10.8. The molecule has 0 amide bonds. The Hall–Kier alpha value is -1.38. The maximum atomic E-state index is 10.6. The van der Waals surface area contributed by atoms with Gasteiger partial charge in [0.2, 0.25) is 0 Å². The minimum Gasteiger partial charge on any atom is -0.332 e. The van der Waals surface area contributed by atoms with Gasteiger partial charge >= 0.3 is 0 Å². The summed E-state index contributed by atoms with van der Waals surface area (Å²) in [5, 5.41) is 0. The molecule has 0 aliphatic carbocycles. The lowest BCUT2D eigenvalue weighted by molar-refractivity contribution is -0.112. The van der Waals surface area contributed by atoms with Crippen molar-refractivity contribution < 1.29 is 4.79 Å². The van der Waals surface area contributed by atoms with Crippen molar-refractivity contribution in [1.29, 1.82) is 0 Å². The molecule has 0 radical (unpaired) electrons. The number of ketones is 1. The number of carbonyl (C=O) groups excluding carboxylic acids is 1. The summed E-state index contributed by atoms with van der Waals surface area (Å²) in [4.78, 5) is 14.7. The van der Waals surface area contributed by atoms with Crippen LogP contribution in [0.25, 0.3) is 6.08 Å². The lowest BCUT2D eigenvalue weighted by atomic mass is 10.4. The Labute approximate surface area is 71.7 Å². The minimum absolute atomic E-state index is 0.0423. The highest BCUT2D eigenvalue weighted by molar-refractivity contribution is 5.91. The fraction of sp³-hybridized carbons (Fsp3) is 0.333. The first kappa shape index (κ1) is 8.71. The van der Waals surface area contributed by atoms with Gasteiger partial charge < -0.3 is 4.57 Å². The van der Waals surface area contributed by atoms with Gasteiger partial charge in [-0.2, -0.15) is 0 Å². The van der Waals surface area contributed by atoms with Gasteiger partial charge in [-0.25, -0.2) is 4.98 Å². The lowest BCUT2D eigenvalue weighted by Gasteiger charge is -1.97. The Kier molecular flexibility index (Phi) is 2.80. The summed E-state index contributed by atoms with van der Waals surface area (Å²) in [5.74, 6) is 0.869. The molecule has 0 aliphatic rings. The third-order valence-corrected chi connectivity index (χ3v) is 1.56. The van der Waals surface area contributed by atoms with E-state index >= 15 is 0 Å². The molecule has 0 bridgehead atoms. The highest BCUT2D eigenvalue weighted by atomic mass is 16.1. The van der Waals surface area contributed by atoms with Gasteiger partial charge in [0, 0.05) is 18.9 Å². The van der Waals surface area contributed by atoms with Crippen molar-refractivity contribution in [3.05, 3.63) is 24.3 Å². The number of hydrogen-bond acceptors (Lipinski definition) is 2. The van der Waals surface area contributed by atoms with Crippen molar-refractivity contribution in [2.75, 3.05) is 0 Å². The number of rotatable bonds is 3. The second-order valence-corrected chi connectivity index (χ2v) is 2.52. The van der Waals surface area contributed by atoms with Gasteiger partial charge in [-0.15, -0.1) is 0 Å². The van der Waals surface area contributed by atoms with Crippen LogP contribution < -0.4 is 0 Å². The Bertz CT molecular complexity index is 299. The van der Waals surface area contributed by atoms with Crippen molar-refractivity contribution in [2.45, 2.75) is 20.4 Å². The summed E-state index contributed by atoms with van der Waals surface area (Å²) in [6.45, 7) is 4.43. The van der Waals surface area contributed by atoms with Gasteiger partial charge in [0.15, 0.2) is 5.78 Å². The average Bonchev–Trinajstić information content (AvgIpc) is 2.47. The first-order valence-electron chi connectivity index (χ1n) is 3.94. The van der Waals surface area contributed by atoms with Gasteiger partial charge in [0.25, 0.3) is 0 Å². The minimum atomic E-state index is 0.0423. The van der Waals surface area contributed by atoms with Crippen molar-refractivity contribution >= 4 is 11.9 Å². The highest BCUT2D eigenvalue weighted by Gasteiger charge is 1.94. The van der Waals surface area contributed by atoms with E-state index in [1.54, 1.807) is 12.3 Å². The van der Waals surface area contributed by atoms with Crippen LogP contribution in [0.2, 0.25) is 0 Å². The Morgan fingerprint density at radius 3 is 3.08 bits per heavy atom. The second-order valence-electron chi connectivity index (χ2n) is 2.52. The maximum Gasteiger partial charge on any atom is 0.152 e. The van der Waals surface area contributed by atoms with Gasteiger partial charge in [0.1, 0.15) is 5.82 Å². The number of imidazole rings is 1. The van der Waals surface area contributed by atoms with Crippen molar-refractivity contribution in [2.24, 2.45) is 0 Å². The molecule has 0 fully saturated rings. The number of aryl methyl sites for hydroxylation is 1. The van der Waals surface area contributed by atoms with Crippen LogP contribution in [0.1, 0.15) is 19.7 Å². The SMILES string of the molecule is CCn1ccnc1/C=C/C(C)=O. The Morgan fingerprint density at radius 2 is 2.50 bits per heavy atom. The van der Waals surface area contributed by atoms with E-state index in [1.807, 2.05) is 17.7 Å². The summed E-state index contributed by atoms with van der Waals surface area (Å²) in [5.41, 5.74) is 0. The Morgan fingerprint density at radius 1 is 1.75 bits per heavy atom. The highest BCUT2D eigenvalue weighted by Crippen LogP contribution is 1.99. The zero-order valence-electron chi connectivity index (χ0n) is 7.32. The van der Waals surface area contributed by atoms with E-state index in [2.05, 4.69) is 4.98 Å². The van der Waals surface area contributed by atoms with Crippen LogP contribution >= 0.6 is 0 Å². The summed E-state index contributed by atoms with van der Waals surface area (Å²) in [6, 6.07) is 0. The molecule has 0 aromatic carbocycles. The van der Waals surface area contributed by atoms with Crippen LogP contribution in [-0.2, 0) is 11.3 Å². The molecule has 1 rings (SSSR count). The summed E-state index contributed by atoms with van der Waals surface area (Å²) >= 11 is 0. The predicted octanol–water partition coefficient (Wildman–Crippen LogP) is 1.51. The molecule has 1 aromatic rings. The van der Waals surface area contributed by atoms with Gasteiger partial charge in [0.05, 0.1) is 0 Å².